The van der Waals surface area contributed by atoms with Gasteiger partial charge in [0.05, 0.1) is 7.11 Å². The Hall–Kier alpha value is -2.26. The Bertz CT molecular complexity index is 610. The van der Waals surface area contributed by atoms with Crippen molar-refractivity contribution in [2.75, 3.05) is 38.2 Å². The molecule has 0 atom stereocenters. The monoisotopic (exact) mass is 316 g/mol. The Morgan fingerprint density at radius 1 is 1.23 bits per heavy atom. The molecule has 22 heavy (non-hydrogen) atoms. The number of hydrogen-bond acceptors (Lipinski definition) is 5. The minimum atomic E-state index is 0.164. The lowest BCUT2D eigenvalue weighted by molar-refractivity contribution is 0.321. The molecule has 5 nitrogen and oxygen atoms in total. The molecule has 0 radical (unpaired) electrons. The first-order chi connectivity index (χ1) is 10.6. The molecule has 1 fully saturated rings. The second kappa shape index (κ2) is 7.14. The first kappa shape index (κ1) is 16.1. The van der Waals surface area contributed by atoms with Gasteiger partial charge in [-0.25, -0.2) is 0 Å². The van der Waals surface area contributed by atoms with Crippen LogP contribution in [0.15, 0.2) is 35.5 Å². The molecule has 0 unspecified atom stereocenters. The first-order valence-electron chi connectivity index (χ1n) is 7.11. The Morgan fingerprint density at radius 3 is 2.27 bits per heavy atom. The summed E-state index contributed by atoms with van der Waals surface area (Å²) in [6, 6.07) is 10.2. The molecule has 0 saturated carbocycles. The average molecular weight is 316 g/mol. The number of rotatable bonds is 4. The maximum atomic E-state index is 9.15. The van der Waals surface area contributed by atoms with E-state index in [1.54, 1.807) is 7.11 Å². The van der Waals surface area contributed by atoms with Gasteiger partial charge in [-0.05, 0) is 31.2 Å². The molecule has 0 amide bonds. The number of ether oxygens (including phenoxy) is 1. The average Bonchev–Trinajstić information content (AvgIpc) is 2.55. The zero-order valence-electron chi connectivity index (χ0n) is 12.9. The number of benzene rings is 1. The van der Waals surface area contributed by atoms with Gasteiger partial charge >= 0.3 is 0 Å². The van der Waals surface area contributed by atoms with Crippen molar-refractivity contribution in [3.05, 3.63) is 35.5 Å². The van der Waals surface area contributed by atoms with Crippen molar-refractivity contribution in [2.45, 2.75) is 6.92 Å². The van der Waals surface area contributed by atoms with Gasteiger partial charge in [0.2, 0.25) is 0 Å². The van der Waals surface area contributed by atoms with E-state index in [-0.39, 0.29) is 4.99 Å². The third kappa shape index (κ3) is 3.49. The molecular weight excluding hydrogens is 296 g/mol. The van der Waals surface area contributed by atoms with Crippen LogP contribution >= 0.6 is 12.2 Å². The van der Waals surface area contributed by atoms with E-state index in [9.17, 15) is 0 Å². The third-order valence-corrected chi connectivity index (χ3v) is 4.12. The molecule has 0 bridgehead atoms. The number of allylic oxidation sites excluding steroid dienone is 1. The van der Waals surface area contributed by atoms with Crippen LogP contribution in [0, 0.1) is 11.3 Å². The van der Waals surface area contributed by atoms with Gasteiger partial charge in [0, 0.05) is 37.6 Å². The summed E-state index contributed by atoms with van der Waals surface area (Å²) in [6.45, 7) is 5.36. The standard InChI is InChI=1S/C16H20N4OS/c1-12(15(11-17)16(18)22)19-7-9-20(10-8-19)13-3-5-14(21-2)6-4-13/h3-6H,7-10H2,1-2H3,(H2,18,22)/b15-12+. The normalized spacial score (nSPS) is 15.9. The molecule has 0 aliphatic carbocycles. The van der Waals surface area contributed by atoms with E-state index in [2.05, 4.69) is 28.0 Å². The molecule has 6 heteroatoms. The number of nitrogens with zero attached hydrogens (tertiary/aromatic N) is 3. The van der Waals surface area contributed by atoms with Gasteiger partial charge in [0.25, 0.3) is 0 Å². The lowest BCUT2D eigenvalue weighted by Crippen LogP contribution is -2.46. The van der Waals surface area contributed by atoms with E-state index in [1.165, 1.54) is 5.69 Å². The highest BCUT2D eigenvalue weighted by atomic mass is 32.1. The number of hydrogen-bond donors (Lipinski definition) is 1. The van der Waals surface area contributed by atoms with E-state index in [0.717, 1.165) is 37.6 Å². The zero-order valence-corrected chi connectivity index (χ0v) is 13.7. The highest BCUT2D eigenvalue weighted by Gasteiger charge is 2.20. The first-order valence-corrected chi connectivity index (χ1v) is 7.52. The zero-order chi connectivity index (χ0) is 16.1. The summed E-state index contributed by atoms with van der Waals surface area (Å²) in [7, 11) is 1.66. The van der Waals surface area contributed by atoms with Gasteiger partial charge in [0.15, 0.2) is 0 Å². The molecule has 1 aromatic carbocycles. The van der Waals surface area contributed by atoms with Gasteiger partial charge in [-0.15, -0.1) is 0 Å². The van der Waals surface area contributed by atoms with Gasteiger partial charge in [-0.2, -0.15) is 5.26 Å². The fraction of sp³-hybridized carbons (Fsp3) is 0.375. The van der Waals surface area contributed by atoms with E-state index < -0.39 is 0 Å². The summed E-state index contributed by atoms with van der Waals surface area (Å²) in [6.07, 6.45) is 0. The van der Waals surface area contributed by atoms with Crippen LogP contribution in [0.5, 0.6) is 5.75 Å². The van der Waals surface area contributed by atoms with Gasteiger partial charge in [-0.1, -0.05) is 12.2 Å². The highest BCUT2D eigenvalue weighted by molar-refractivity contribution is 7.80. The van der Waals surface area contributed by atoms with Crippen LogP contribution in [-0.4, -0.2) is 43.2 Å². The fourth-order valence-corrected chi connectivity index (χ4v) is 2.76. The Balaban J connectivity index is 2.04. The quantitative estimate of drug-likeness (QED) is 0.520. The van der Waals surface area contributed by atoms with Crippen LogP contribution in [0.2, 0.25) is 0 Å². The van der Waals surface area contributed by atoms with Crippen molar-refractivity contribution in [1.82, 2.24) is 4.90 Å². The number of nitrogens with two attached hydrogens (primary N) is 1. The van der Waals surface area contributed by atoms with Crippen LogP contribution in [0.1, 0.15) is 6.92 Å². The van der Waals surface area contributed by atoms with E-state index in [4.69, 9.17) is 28.0 Å². The maximum Gasteiger partial charge on any atom is 0.119 e. The molecule has 1 aromatic rings. The number of anilines is 1. The molecule has 1 heterocycles. The predicted molar refractivity (Wildman–Crippen MR) is 91.9 cm³/mol. The maximum absolute atomic E-state index is 9.15. The van der Waals surface area contributed by atoms with Crippen molar-refractivity contribution in [1.29, 1.82) is 5.26 Å². The van der Waals surface area contributed by atoms with Gasteiger partial charge in [0.1, 0.15) is 22.4 Å². The highest BCUT2D eigenvalue weighted by Crippen LogP contribution is 2.22. The van der Waals surface area contributed by atoms with Crippen molar-refractivity contribution in [3.63, 3.8) is 0 Å². The van der Waals surface area contributed by atoms with Crippen molar-refractivity contribution < 1.29 is 4.74 Å². The molecule has 2 N–H and O–H groups in total. The predicted octanol–water partition coefficient (Wildman–Crippen LogP) is 1.90. The Kier molecular flexibility index (Phi) is 5.23. The van der Waals surface area contributed by atoms with Crippen LogP contribution in [0.25, 0.3) is 0 Å². The fourth-order valence-electron chi connectivity index (χ4n) is 2.57. The molecule has 116 valence electrons. The second-order valence-corrected chi connectivity index (χ2v) is 5.55. The second-order valence-electron chi connectivity index (χ2n) is 5.11. The summed E-state index contributed by atoms with van der Waals surface area (Å²) in [4.78, 5) is 4.64. The molecular formula is C16H20N4OS. The van der Waals surface area contributed by atoms with E-state index >= 15 is 0 Å². The van der Waals surface area contributed by atoms with Crippen LogP contribution < -0.4 is 15.4 Å². The molecule has 0 aromatic heterocycles. The Morgan fingerprint density at radius 2 is 1.82 bits per heavy atom. The summed E-state index contributed by atoms with van der Waals surface area (Å²) in [5, 5.41) is 9.15. The van der Waals surface area contributed by atoms with Crippen molar-refractivity contribution >= 4 is 22.9 Å². The van der Waals surface area contributed by atoms with Gasteiger partial charge in [-0.3, -0.25) is 0 Å². The number of thiocarbonyl (C=S) groups is 1. The molecule has 2 rings (SSSR count). The summed E-state index contributed by atoms with van der Waals surface area (Å²) in [5.74, 6) is 0.858. The SMILES string of the molecule is COc1ccc(N2CCN(/C(C)=C(\C#N)C(N)=S)CC2)cc1. The smallest absolute Gasteiger partial charge is 0.119 e. The third-order valence-electron chi connectivity index (χ3n) is 3.91. The minimum absolute atomic E-state index is 0.164. The van der Waals surface area contributed by atoms with E-state index in [0.29, 0.717) is 5.57 Å². The van der Waals surface area contributed by atoms with Crippen LogP contribution in [0.4, 0.5) is 5.69 Å². The molecule has 1 saturated heterocycles. The topological polar surface area (TPSA) is 65.5 Å². The minimum Gasteiger partial charge on any atom is -0.497 e. The van der Waals surface area contributed by atoms with E-state index in [1.807, 2.05) is 19.1 Å². The lowest BCUT2D eigenvalue weighted by atomic mass is 10.1. The van der Waals surface area contributed by atoms with Crippen molar-refractivity contribution in [2.24, 2.45) is 5.73 Å². The Labute approximate surface area is 136 Å². The number of piperazine rings is 1. The summed E-state index contributed by atoms with van der Waals surface area (Å²) >= 11 is 4.93. The largest absolute Gasteiger partial charge is 0.497 e. The lowest BCUT2D eigenvalue weighted by Gasteiger charge is -2.38. The molecule has 1 aliphatic rings. The van der Waals surface area contributed by atoms with Crippen molar-refractivity contribution in [3.8, 4) is 11.8 Å². The number of nitriles is 1. The summed E-state index contributed by atoms with van der Waals surface area (Å²) < 4.78 is 5.18. The van der Waals surface area contributed by atoms with Gasteiger partial charge < -0.3 is 20.3 Å². The number of methoxy groups -OCH3 is 1. The van der Waals surface area contributed by atoms with Crippen LogP contribution in [-0.2, 0) is 0 Å². The molecule has 0 spiro atoms. The molecule has 1 aliphatic heterocycles. The summed E-state index contributed by atoms with van der Waals surface area (Å²) in [5.41, 5.74) is 8.06. The van der Waals surface area contributed by atoms with Crippen LogP contribution in [0.3, 0.4) is 0 Å².